The molecule has 4 aromatic rings. The summed E-state index contributed by atoms with van der Waals surface area (Å²) in [5.41, 5.74) is 1.94. The Morgan fingerprint density at radius 2 is 1.59 bits per heavy atom. The van der Waals surface area contributed by atoms with E-state index in [9.17, 15) is 9.59 Å². The Morgan fingerprint density at radius 3 is 2.25 bits per heavy atom. The van der Waals surface area contributed by atoms with Crippen LogP contribution in [0.2, 0.25) is 0 Å². The molecular weight excluding hydrogens is 570 g/mol. The van der Waals surface area contributed by atoms with E-state index in [1.54, 1.807) is 13.8 Å². The molecule has 3 aromatic carbocycles. The molecule has 0 spiro atoms. The van der Waals surface area contributed by atoms with Crippen molar-refractivity contribution in [2.24, 2.45) is 5.41 Å². The fourth-order valence-electron chi connectivity index (χ4n) is 4.76. The van der Waals surface area contributed by atoms with Crippen molar-refractivity contribution in [2.75, 3.05) is 0 Å². The molecule has 0 aliphatic carbocycles. The van der Waals surface area contributed by atoms with Crippen LogP contribution in [0.25, 0.3) is 10.9 Å². The molecule has 0 fully saturated rings. The summed E-state index contributed by atoms with van der Waals surface area (Å²) in [6, 6.07) is 28.4. The van der Waals surface area contributed by atoms with Crippen LogP contribution in [0.1, 0.15) is 63.4 Å². The first-order chi connectivity index (χ1) is 20.9. The minimum atomic E-state index is -1.42. The largest absolute Gasteiger partial charge is 0.461 e. The number of esters is 1. The average Bonchev–Trinajstić information content (AvgIpc) is 2.98. The van der Waals surface area contributed by atoms with Gasteiger partial charge in [-0.05, 0) is 91.3 Å². The van der Waals surface area contributed by atoms with Gasteiger partial charge in [0, 0.05) is 10.9 Å². The van der Waals surface area contributed by atoms with Gasteiger partial charge in [0.15, 0.2) is 10.7 Å². The molecule has 4 rings (SSSR count). The molecule has 0 bridgehead atoms. The van der Waals surface area contributed by atoms with Gasteiger partial charge in [-0.15, -0.1) is 0 Å². The van der Waals surface area contributed by atoms with Gasteiger partial charge in [0.25, 0.3) is 0 Å². The average molecular weight is 608 g/mol. The Bertz CT molecular complexity index is 1690. The zero-order valence-electron chi connectivity index (χ0n) is 25.6. The molecule has 0 aliphatic heterocycles. The molecular formula is C36H37N3O4S. The minimum absolute atomic E-state index is 0.0576. The SMILES string of the molecule is CC(C)OC(=O)[C@](CC(C)(C)C)(NC(=S)NC(=O)OCc1ccccc1)c1ccc2nc(C#Cc3ccccc3)ccc2c1. The van der Waals surface area contributed by atoms with Gasteiger partial charge in [-0.25, -0.2) is 14.6 Å². The van der Waals surface area contributed by atoms with Gasteiger partial charge in [0.1, 0.15) is 12.3 Å². The van der Waals surface area contributed by atoms with E-state index in [2.05, 4.69) is 22.5 Å². The van der Waals surface area contributed by atoms with Crippen LogP contribution in [0.4, 0.5) is 4.79 Å². The predicted octanol–water partition coefficient (Wildman–Crippen LogP) is 7.02. The smallest absolute Gasteiger partial charge is 0.413 e. The van der Waals surface area contributed by atoms with Gasteiger partial charge in [0.05, 0.1) is 11.6 Å². The van der Waals surface area contributed by atoms with Crippen LogP contribution in [0.3, 0.4) is 0 Å². The Labute approximate surface area is 264 Å². The zero-order valence-corrected chi connectivity index (χ0v) is 26.5. The highest BCUT2D eigenvalue weighted by atomic mass is 32.1. The number of fused-ring (bicyclic) bond motifs is 1. The van der Waals surface area contributed by atoms with Crippen molar-refractivity contribution in [1.29, 1.82) is 0 Å². The third-order valence-corrected chi connectivity index (χ3v) is 6.74. The fraction of sp³-hybridized carbons (Fsp3) is 0.278. The highest BCUT2D eigenvalue weighted by Crippen LogP contribution is 2.37. The molecule has 0 saturated carbocycles. The zero-order chi connectivity index (χ0) is 31.7. The summed E-state index contributed by atoms with van der Waals surface area (Å²) in [7, 11) is 0. The standard InChI is InChI=1S/C36H37N3O4S/c1-25(2)43-32(40)36(24-35(3,4)5,39-33(44)38-34(41)42-23-27-14-10-7-11-15-27)29-18-21-31-28(22-29)17-20-30(37-31)19-16-26-12-8-6-9-13-26/h6-15,17-18,20-22,25H,23-24H2,1-5H3,(H2,38,39,41,44)/t36-/m1/s1. The molecule has 7 nitrogen and oxygen atoms in total. The monoisotopic (exact) mass is 607 g/mol. The second-order valence-corrected chi connectivity index (χ2v) is 12.4. The first-order valence-electron chi connectivity index (χ1n) is 14.4. The van der Waals surface area contributed by atoms with Gasteiger partial charge >= 0.3 is 12.1 Å². The minimum Gasteiger partial charge on any atom is -0.461 e. The number of nitrogens with zero attached hydrogens (tertiary/aromatic N) is 1. The third-order valence-electron chi connectivity index (χ3n) is 6.53. The number of ether oxygens (including phenoxy) is 2. The molecule has 0 aliphatic rings. The number of pyridine rings is 1. The van der Waals surface area contributed by atoms with E-state index in [1.807, 2.05) is 112 Å². The predicted molar refractivity (Wildman–Crippen MR) is 177 cm³/mol. The fourth-order valence-corrected chi connectivity index (χ4v) is 5.02. The van der Waals surface area contributed by atoms with Crippen molar-refractivity contribution in [3.8, 4) is 11.8 Å². The molecule has 1 aromatic heterocycles. The summed E-state index contributed by atoms with van der Waals surface area (Å²) in [5, 5.41) is 6.47. The van der Waals surface area contributed by atoms with E-state index in [-0.39, 0.29) is 23.2 Å². The number of thiocarbonyl (C=S) groups is 1. The van der Waals surface area contributed by atoms with E-state index in [0.717, 1.165) is 22.0 Å². The van der Waals surface area contributed by atoms with Crippen LogP contribution in [-0.4, -0.2) is 28.3 Å². The van der Waals surface area contributed by atoms with E-state index in [0.29, 0.717) is 17.7 Å². The molecule has 8 heteroatoms. The highest BCUT2D eigenvalue weighted by Gasteiger charge is 2.46. The van der Waals surface area contributed by atoms with Crippen LogP contribution >= 0.6 is 12.2 Å². The number of alkyl carbamates (subject to hydrolysis) is 1. The number of hydrogen-bond acceptors (Lipinski definition) is 6. The molecule has 0 radical (unpaired) electrons. The van der Waals surface area contributed by atoms with E-state index < -0.39 is 17.6 Å². The lowest BCUT2D eigenvalue weighted by Gasteiger charge is -2.39. The first kappa shape index (κ1) is 32.2. The Kier molecular flexibility index (Phi) is 10.4. The third kappa shape index (κ3) is 8.88. The molecule has 226 valence electrons. The van der Waals surface area contributed by atoms with Crippen molar-refractivity contribution < 1.29 is 19.1 Å². The Hall–Kier alpha value is -4.74. The number of carbonyl (C=O) groups is 2. The summed E-state index contributed by atoms with van der Waals surface area (Å²) < 4.78 is 11.1. The number of aromatic nitrogens is 1. The van der Waals surface area contributed by atoms with Crippen molar-refractivity contribution in [3.63, 3.8) is 0 Å². The normalized spacial score (nSPS) is 12.4. The molecule has 2 N–H and O–H groups in total. The lowest BCUT2D eigenvalue weighted by Crippen LogP contribution is -2.58. The molecule has 1 atom stereocenters. The van der Waals surface area contributed by atoms with E-state index in [1.165, 1.54) is 0 Å². The molecule has 1 heterocycles. The van der Waals surface area contributed by atoms with Crippen molar-refractivity contribution in [3.05, 3.63) is 113 Å². The maximum Gasteiger partial charge on any atom is 0.413 e. The Morgan fingerprint density at radius 1 is 0.909 bits per heavy atom. The van der Waals surface area contributed by atoms with Crippen molar-refractivity contribution in [1.82, 2.24) is 15.6 Å². The van der Waals surface area contributed by atoms with Crippen LogP contribution < -0.4 is 10.6 Å². The first-order valence-corrected chi connectivity index (χ1v) is 14.8. The van der Waals surface area contributed by atoms with E-state index >= 15 is 0 Å². The van der Waals surface area contributed by atoms with Gasteiger partial charge in [-0.3, -0.25) is 5.32 Å². The number of nitrogens with one attached hydrogen (secondary N) is 2. The number of amides is 1. The summed E-state index contributed by atoms with van der Waals surface area (Å²) in [5.74, 6) is 5.74. The van der Waals surface area contributed by atoms with Gasteiger partial charge in [-0.1, -0.05) is 81.3 Å². The summed E-state index contributed by atoms with van der Waals surface area (Å²) in [6.07, 6.45) is -0.805. The van der Waals surface area contributed by atoms with Crippen LogP contribution in [-0.2, 0) is 26.4 Å². The van der Waals surface area contributed by atoms with Crippen LogP contribution in [0.15, 0.2) is 91.0 Å². The van der Waals surface area contributed by atoms with Gasteiger partial charge in [0.2, 0.25) is 0 Å². The second kappa shape index (κ2) is 14.2. The van der Waals surface area contributed by atoms with Crippen molar-refractivity contribution >= 4 is 40.3 Å². The molecule has 0 unspecified atom stereocenters. The lowest BCUT2D eigenvalue weighted by atomic mass is 9.75. The van der Waals surface area contributed by atoms with E-state index in [4.69, 9.17) is 26.7 Å². The van der Waals surface area contributed by atoms with Crippen LogP contribution in [0.5, 0.6) is 0 Å². The maximum atomic E-state index is 14.0. The summed E-state index contributed by atoms with van der Waals surface area (Å²) >= 11 is 5.56. The molecule has 44 heavy (non-hydrogen) atoms. The topological polar surface area (TPSA) is 89.6 Å². The number of rotatable bonds is 7. The summed E-state index contributed by atoms with van der Waals surface area (Å²) in [4.78, 5) is 31.3. The summed E-state index contributed by atoms with van der Waals surface area (Å²) in [6.45, 7) is 9.73. The number of benzene rings is 3. The molecule has 0 saturated heterocycles. The van der Waals surface area contributed by atoms with Crippen LogP contribution in [0, 0.1) is 17.3 Å². The number of hydrogen-bond donors (Lipinski definition) is 2. The van der Waals surface area contributed by atoms with Crippen molar-refractivity contribution in [2.45, 2.75) is 59.3 Å². The second-order valence-electron chi connectivity index (χ2n) is 12.0. The lowest BCUT2D eigenvalue weighted by molar-refractivity contribution is -0.157. The maximum absolute atomic E-state index is 14.0. The Balaban J connectivity index is 1.66. The quantitative estimate of drug-likeness (QED) is 0.133. The van der Waals surface area contributed by atoms with Gasteiger partial charge < -0.3 is 14.8 Å². The number of carbonyl (C=O) groups excluding carboxylic acids is 2. The van der Waals surface area contributed by atoms with Gasteiger partial charge in [-0.2, -0.15) is 0 Å². The molecule has 1 amide bonds. The highest BCUT2D eigenvalue weighted by molar-refractivity contribution is 7.80.